The van der Waals surface area contributed by atoms with E-state index in [1.54, 1.807) is 6.07 Å². The van der Waals surface area contributed by atoms with Gasteiger partial charge in [-0.3, -0.25) is 4.79 Å². The van der Waals surface area contributed by atoms with Crippen molar-refractivity contribution in [2.45, 2.75) is 19.3 Å². The average molecular weight is 228 g/mol. The van der Waals surface area contributed by atoms with Gasteiger partial charge in [0.1, 0.15) is 5.82 Å². The third-order valence-corrected chi connectivity index (χ3v) is 3.59. The van der Waals surface area contributed by atoms with Crippen LogP contribution >= 0.6 is 0 Å². The minimum absolute atomic E-state index is 0.0450. The van der Waals surface area contributed by atoms with Crippen molar-refractivity contribution in [3.63, 3.8) is 0 Å². The molecule has 0 saturated heterocycles. The minimum Gasteiger partial charge on any atom is -0.294 e. The van der Waals surface area contributed by atoms with Crippen molar-refractivity contribution in [2.24, 2.45) is 5.92 Å². The minimum atomic E-state index is -0.325. The molecule has 3 rings (SSSR count). The highest BCUT2D eigenvalue weighted by molar-refractivity contribution is 5.99. The molecule has 86 valence electrons. The van der Waals surface area contributed by atoms with Crippen molar-refractivity contribution in [1.29, 1.82) is 0 Å². The maximum Gasteiger partial charge on any atom is 0.167 e. The van der Waals surface area contributed by atoms with Crippen LogP contribution in [-0.2, 0) is 6.42 Å². The number of hydrogen-bond donors (Lipinski definition) is 0. The van der Waals surface area contributed by atoms with E-state index in [0.29, 0.717) is 17.9 Å². The van der Waals surface area contributed by atoms with E-state index in [-0.39, 0.29) is 11.6 Å². The van der Waals surface area contributed by atoms with E-state index < -0.39 is 0 Å². The quantitative estimate of drug-likeness (QED) is 0.664. The lowest BCUT2D eigenvalue weighted by atomic mass is 9.86. The average Bonchev–Trinajstić information content (AvgIpc) is 2.46. The fraction of sp³-hybridized carbons (Fsp3) is 0.267. The van der Waals surface area contributed by atoms with Crippen LogP contribution in [0.4, 0.5) is 4.39 Å². The molecule has 1 nitrogen and oxygen atoms in total. The van der Waals surface area contributed by atoms with Gasteiger partial charge in [-0.05, 0) is 36.5 Å². The monoisotopic (exact) mass is 228 g/mol. The Kier molecular flexibility index (Phi) is 2.43. The van der Waals surface area contributed by atoms with E-state index in [9.17, 15) is 9.18 Å². The van der Waals surface area contributed by atoms with E-state index >= 15 is 0 Å². The number of Topliss-reactive ketones (excluding diaryl/α,β-unsaturated/α-hetero) is 1. The number of rotatable bonds is 0. The molecule has 0 saturated carbocycles. The molecule has 2 aliphatic rings. The third kappa shape index (κ3) is 1.84. The molecule has 2 heteroatoms. The second-order valence-corrected chi connectivity index (χ2v) is 4.71. The number of carbonyl (C=O) groups excluding carboxylic acids is 1. The van der Waals surface area contributed by atoms with Crippen molar-refractivity contribution in [1.82, 2.24) is 0 Å². The molecular weight excluding hydrogens is 215 g/mol. The predicted molar refractivity (Wildman–Crippen MR) is 64.4 cm³/mol. The first-order valence-electron chi connectivity index (χ1n) is 5.91. The summed E-state index contributed by atoms with van der Waals surface area (Å²) in [5.41, 5.74) is 2.74. The SMILES string of the molecule is O=C1CC2=CC=CCC2Cc2ccc(F)cc21. The Hall–Kier alpha value is -1.70. The van der Waals surface area contributed by atoms with Crippen LogP contribution < -0.4 is 0 Å². The smallest absolute Gasteiger partial charge is 0.167 e. The normalized spacial score (nSPS) is 22.5. The first-order chi connectivity index (χ1) is 8.24. The summed E-state index contributed by atoms with van der Waals surface area (Å²) in [7, 11) is 0. The van der Waals surface area contributed by atoms with Gasteiger partial charge in [-0.15, -0.1) is 0 Å². The van der Waals surface area contributed by atoms with Crippen LogP contribution in [0.3, 0.4) is 0 Å². The first-order valence-corrected chi connectivity index (χ1v) is 5.91. The molecule has 0 fully saturated rings. The molecule has 0 heterocycles. The van der Waals surface area contributed by atoms with Gasteiger partial charge < -0.3 is 0 Å². The van der Waals surface area contributed by atoms with Gasteiger partial charge in [-0.2, -0.15) is 0 Å². The second kappa shape index (κ2) is 3.95. The Morgan fingerprint density at radius 3 is 3.06 bits per heavy atom. The topological polar surface area (TPSA) is 17.1 Å². The van der Waals surface area contributed by atoms with Gasteiger partial charge in [-0.1, -0.05) is 29.9 Å². The van der Waals surface area contributed by atoms with Crippen molar-refractivity contribution in [3.05, 3.63) is 58.9 Å². The molecule has 17 heavy (non-hydrogen) atoms. The number of halogens is 1. The molecular formula is C15H13FO. The zero-order valence-corrected chi connectivity index (χ0v) is 9.45. The number of fused-ring (bicyclic) bond motifs is 2. The Morgan fingerprint density at radius 1 is 1.29 bits per heavy atom. The van der Waals surface area contributed by atoms with E-state index in [2.05, 4.69) is 6.08 Å². The van der Waals surface area contributed by atoms with E-state index in [0.717, 1.165) is 18.4 Å². The Morgan fingerprint density at radius 2 is 2.18 bits per heavy atom. The van der Waals surface area contributed by atoms with Crippen LogP contribution in [0.15, 0.2) is 42.0 Å². The van der Waals surface area contributed by atoms with Crippen molar-refractivity contribution in [3.8, 4) is 0 Å². The maximum atomic E-state index is 13.2. The summed E-state index contributed by atoms with van der Waals surface area (Å²) in [4.78, 5) is 12.1. The van der Waals surface area contributed by atoms with Crippen LogP contribution in [0.5, 0.6) is 0 Å². The second-order valence-electron chi connectivity index (χ2n) is 4.71. The van der Waals surface area contributed by atoms with Gasteiger partial charge in [-0.25, -0.2) is 4.39 Å². The standard InChI is InChI=1S/C15H13FO/c16-13-6-5-12-7-10-3-1-2-4-11(10)8-15(17)14(12)9-13/h1-2,4-6,9-10H,3,7-8H2. The molecule has 1 aromatic carbocycles. The van der Waals surface area contributed by atoms with Gasteiger partial charge >= 0.3 is 0 Å². The third-order valence-electron chi connectivity index (χ3n) is 3.59. The maximum absolute atomic E-state index is 13.2. The van der Waals surface area contributed by atoms with Crippen LogP contribution in [0, 0.1) is 11.7 Å². The van der Waals surface area contributed by atoms with Crippen LogP contribution in [0.1, 0.15) is 28.8 Å². The molecule has 2 aliphatic carbocycles. The number of hydrogen-bond acceptors (Lipinski definition) is 1. The highest BCUT2D eigenvalue weighted by Crippen LogP contribution is 2.33. The van der Waals surface area contributed by atoms with E-state index in [1.807, 2.05) is 12.2 Å². The summed E-state index contributed by atoms with van der Waals surface area (Å²) < 4.78 is 13.2. The summed E-state index contributed by atoms with van der Waals surface area (Å²) in [5.74, 6) is 0.133. The lowest BCUT2D eigenvalue weighted by Gasteiger charge is -2.18. The molecule has 0 bridgehead atoms. The highest BCUT2D eigenvalue weighted by atomic mass is 19.1. The Labute approximate surface area is 99.7 Å². The predicted octanol–water partition coefficient (Wildman–Crippen LogP) is 3.46. The van der Waals surface area contributed by atoms with Crippen molar-refractivity contribution >= 4 is 5.78 Å². The molecule has 0 amide bonds. The molecule has 1 atom stereocenters. The largest absolute Gasteiger partial charge is 0.294 e. The lowest BCUT2D eigenvalue weighted by molar-refractivity contribution is 0.0991. The molecule has 0 aromatic heterocycles. The first kappa shape index (κ1) is 10.5. The van der Waals surface area contributed by atoms with E-state index in [4.69, 9.17) is 0 Å². The molecule has 0 aliphatic heterocycles. The molecule has 0 radical (unpaired) electrons. The number of carbonyl (C=O) groups is 1. The fourth-order valence-corrected chi connectivity index (χ4v) is 2.67. The Balaban J connectivity index is 2.07. The van der Waals surface area contributed by atoms with Gasteiger partial charge in [0, 0.05) is 12.0 Å². The van der Waals surface area contributed by atoms with Crippen LogP contribution in [0.2, 0.25) is 0 Å². The van der Waals surface area contributed by atoms with Crippen molar-refractivity contribution < 1.29 is 9.18 Å². The van der Waals surface area contributed by atoms with Crippen molar-refractivity contribution in [2.75, 3.05) is 0 Å². The molecule has 0 spiro atoms. The zero-order chi connectivity index (χ0) is 11.8. The summed E-state index contributed by atoms with van der Waals surface area (Å²) >= 11 is 0. The van der Waals surface area contributed by atoms with Gasteiger partial charge in [0.15, 0.2) is 5.78 Å². The number of benzene rings is 1. The summed E-state index contributed by atoms with van der Waals surface area (Å²) in [6, 6.07) is 4.58. The van der Waals surface area contributed by atoms with Gasteiger partial charge in [0.25, 0.3) is 0 Å². The molecule has 0 N–H and O–H groups in total. The summed E-state index contributed by atoms with van der Waals surface area (Å²) in [6.45, 7) is 0. The van der Waals surface area contributed by atoms with Gasteiger partial charge in [0.05, 0.1) is 0 Å². The highest BCUT2D eigenvalue weighted by Gasteiger charge is 2.26. The van der Waals surface area contributed by atoms with Gasteiger partial charge in [0.2, 0.25) is 0 Å². The number of ketones is 1. The molecule has 1 unspecified atom stereocenters. The van der Waals surface area contributed by atoms with E-state index in [1.165, 1.54) is 17.7 Å². The summed E-state index contributed by atoms with van der Waals surface area (Å²) in [5, 5.41) is 0. The van der Waals surface area contributed by atoms with Crippen LogP contribution in [0.25, 0.3) is 0 Å². The van der Waals surface area contributed by atoms with Crippen LogP contribution in [-0.4, -0.2) is 5.78 Å². The Bertz CT molecular complexity index is 540. The zero-order valence-electron chi connectivity index (χ0n) is 9.45. The molecule has 1 aromatic rings. The lowest BCUT2D eigenvalue weighted by Crippen LogP contribution is -2.08. The number of allylic oxidation sites excluding steroid dienone is 4. The summed E-state index contributed by atoms with van der Waals surface area (Å²) in [6.07, 6.45) is 8.44. The fourth-order valence-electron chi connectivity index (χ4n) is 2.67.